The van der Waals surface area contributed by atoms with E-state index in [1.54, 1.807) is 18.9 Å². The van der Waals surface area contributed by atoms with Crippen molar-refractivity contribution < 1.29 is 14.3 Å². The van der Waals surface area contributed by atoms with E-state index < -0.39 is 6.04 Å². The number of aryl methyl sites for hydroxylation is 1. The third-order valence-electron chi connectivity index (χ3n) is 5.49. The van der Waals surface area contributed by atoms with E-state index in [9.17, 15) is 9.59 Å². The van der Waals surface area contributed by atoms with E-state index in [-0.39, 0.29) is 11.8 Å². The number of nitrogens with one attached hydrogen (secondary N) is 1. The van der Waals surface area contributed by atoms with Gasteiger partial charge in [0.25, 0.3) is 0 Å². The van der Waals surface area contributed by atoms with Crippen LogP contribution in [0.15, 0.2) is 66.7 Å². The maximum absolute atomic E-state index is 13.3. The number of ether oxygens (including phenoxy) is 1. The Kier molecular flexibility index (Phi) is 7.65. The number of hydrogen-bond donors (Lipinski definition) is 1. The fourth-order valence-electron chi connectivity index (χ4n) is 3.77. The number of amides is 2. The summed E-state index contributed by atoms with van der Waals surface area (Å²) in [6.45, 7) is 4.53. The van der Waals surface area contributed by atoms with Crippen LogP contribution < -0.4 is 10.1 Å². The van der Waals surface area contributed by atoms with Crippen LogP contribution in [0.2, 0.25) is 0 Å². The normalized spacial score (nSPS) is 11.7. The molecule has 1 N–H and O–H groups in total. The minimum atomic E-state index is -0.564. The van der Waals surface area contributed by atoms with Gasteiger partial charge in [-0.25, -0.2) is 0 Å². The van der Waals surface area contributed by atoms with E-state index in [0.717, 1.165) is 27.6 Å². The number of nitrogens with zero attached hydrogens (tertiary/aromatic N) is 1. The molecule has 3 aromatic carbocycles. The zero-order valence-electron chi connectivity index (χ0n) is 18.4. The summed E-state index contributed by atoms with van der Waals surface area (Å²) in [5, 5.41) is 5.15. The van der Waals surface area contributed by atoms with Crippen molar-refractivity contribution in [2.24, 2.45) is 0 Å². The molecule has 3 aromatic rings. The van der Waals surface area contributed by atoms with Gasteiger partial charge >= 0.3 is 0 Å². The second kappa shape index (κ2) is 10.6. The fourth-order valence-corrected chi connectivity index (χ4v) is 3.77. The van der Waals surface area contributed by atoms with Gasteiger partial charge in [-0.05, 0) is 54.3 Å². The Labute approximate surface area is 184 Å². The molecule has 0 spiro atoms. The highest BCUT2D eigenvalue weighted by Crippen LogP contribution is 2.21. The molecule has 0 saturated heterocycles. The largest absolute Gasteiger partial charge is 0.497 e. The van der Waals surface area contributed by atoms with Crippen LogP contribution in [0.25, 0.3) is 10.8 Å². The molecule has 0 saturated carbocycles. The van der Waals surface area contributed by atoms with Crippen LogP contribution in [0.5, 0.6) is 5.75 Å². The van der Waals surface area contributed by atoms with Crippen LogP contribution in [-0.4, -0.2) is 36.4 Å². The molecule has 0 radical (unpaired) electrons. The topological polar surface area (TPSA) is 58.6 Å². The highest BCUT2D eigenvalue weighted by atomic mass is 16.5. The summed E-state index contributed by atoms with van der Waals surface area (Å²) in [5.74, 6) is 0.532. The highest BCUT2D eigenvalue weighted by molar-refractivity contribution is 5.88. The highest BCUT2D eigenvalue weighted by Gasteiger charge is 2.25. The number of likely N-dealkylation sites (N-methyl/N-ethyl adjacent to an activating group) is 1. The van der Waals surface area contributed by atoms with E-state index >= 15 is 0 Å². The van der Waals surface area contributed by atoms with Gasteiger partial charge in [-0.1, -0.05) is 54.6 Å². The van der Waals surface area contributed by atoms with Gasteiger partial charge in [-0.2, -0.15) is 0 Å². The lowest BCUT2D eigenvalue weighted by Gasteiger charge is -2.29. The molecule has 1 atom stereocenters. The molecular weight excluding hydrogens is 388 g/mol. The lowest BCUT2D eigenvalue weighted by atomic mass is 10.0. The Morgan fingerprint density at radius 3 is 2.55 bits per heavy atom. The van der Waals surface area contributed by atoms with Crippen molar-refractivity contribution in [2.45, 2.75) is 39.3 Å². The van der Waals surface area contributed by atoms with Gasteiger partial charge in [0.15, 0.2) is 0 Å². The number of methoxy groups -OCH3 is 1. The Balaban J connectivity index is 1.79. The van der Waals surface area contributed by atoms with E-state index in [2.05, 4.69) is 29.6 Å². The van der Waals surface area contributed by atoms with Crippen molar-refractivity contribution in [3.63, 3.8) is 0 Å². The first-order valence-electron chi connectivity index (χ1n) is 10.7. The van der Waals surface area contributed by atoms with Crippen LogP contribution >= 0.6 is 0 Å². The molecule has 0 aliphatic carbocycles. The number of carbonyl (C=O) groups excluding carboxylic acids is 2. The Morgan fingerprint density at radius 1 is 1.03 bits per heavy atom. The molecule has 5 heteroatoms. The van der Waals surface area contributed by atoms with E-state index in [0.29, 0.717) is 25.9 Å². The molecular formula is C26H30N2O3. The van der Waals surface area contributed by atoms with Gasteiger partial charge < -0.3 is 15.0 Å². The first-order valence-corrected chi connectivity index (χ1v) is 10.7. The Hall–Kier alpha value is -3.34. The lowest BCUT2D eigenvalue weighted by molar-refractivity contribution is -0.140. The van der Waals surface area contributed by atoms with Gasteiger partial charge in [-0.15, -0.1) is 0 Å². The van der Waals surface area contributed by atoms with Crippen molar-refractivity contribution in [1.29, 1.82) is 0 Å². The molecule has 2 amide bonds. The molecule has 0 heterocycles. The maximum Gasteiger partial charge on any atom is 0.242 e. The number of benzene rings is 3. The van der Waals surface area contributed by atoms with Crippen LogP contribution in [0, 0.1) is 0 Å². The van der Waals surface area contributed by atoms with Gasteiger partial charge in [0.1, 0.15) is 11.8 Å². The second-order valence-corrected chi connectivity index (χ2v) is 7.58. The van der Waals surface area contributed by atoms with Crippen molar-refractivity contribution in [3.8, 4) is 5.75 Å². The number of carbonyl (C=O) groups is 2. The van der Waals surface area contributed by atoms with E-state index in [1.165, 1.54) is 0 Å². The third-order valence-corrected chi connectivity index (χ3v) is 5.49. The first-order chi connectivity index (χ1) is 15.0. The SMILES string of the molecule is CCNC(=O)[C@H](C)N(Cc1cccc(OC)c1)C(=O)CCc1cccc2ccccc12. The molecule has 0 aromatic heterocycles. The Morgan fingerprint density at radius 2 is 1.77 bits per heavy atom. The molecule has 0 aliphatic heterocycles. The standard InChI is InChI=1S/C26H30N2O3/c1-4-27-26(30)19(2)28(18-20-9-7-13-23(17-20)31-3)25(29)16-15-22-12-8-11-21-10-5-6-14-24(21)22/h5-14,17,19H,4,15-16,18H2,1-3H3,(H,27,30)/t19-/m0/s1. The summed E-state index contributed by atoms with van der Waals surface area (Å²) >= 11 is 0. The van der Waals surface area contributed by atoms with Crippen LogP contribution in [0.4, 0.5) is 0 Å². The van der Waals surface area contributed by atoms with E-state index in [1.807, 2.05) is 49.4 Å². The molecule has 162 valence electrons. The zero-order chi connectivity index (χ0) is 22.2. The minimum absolute atomic E-state index is 0.0468. The average Bonchev–Trinajstić information content (AvgIpc) is 2.80. The molecule has 5 nitrogen and oxygen atoms in total. The summed E-state index contributed by atoms with van der Waals surface area (Å²) in [5.41, 5.74) is 2.06. The second-order valence-electron chi connectivity index (χ2n) is 7.58. The fraction of sp³-hybridized carbons (Fsp3) is 0.308. The quantitative estimate of drug-likeness (QED) is 0.563. The minimum Gasteiger partial charge on any atom is -0.497 e. The van der Waals surface area contributed by atoms with Crippen LogP contribution in [0.1, 0.15) is 31.4 Å². The maximum atomic E-state index is 13.3. The smallest absolute Gasteiger partial charge is 0.242 e. The monoisotopic (exact) mass is 418 g/mol. The van der Waals surface area contributed by atoms with Crippen molar-refractivity contribution >= 4 is 22.6 Å². The summed E-state index contributed by atoms with van der Waals surface area (Å²) < 4.78 is 5.31. The third kappa shape index (κ3) is 5.63. The van der Waals surface area contributed by atoms with Crippen LogP contribution in [-0.2, 0) is 22.6 Å². The predicted molar refractivity (Wildman–Crippen MR) is 124 cm³/mol. The molecule has 31 heavy (non-hydrogen) atoms. The summed E-state index contributed by atoms with van der Waals surface area (Å²) in [6, 6.07) is 21.4. The lowest BCUT2D eigenvalue weighted by Crippen LogP contribution is -2.47. The number of hydrogen-bond acceptors (Lipinski definition) is 3. The van der Waals surface area contributed by atoms with Crippen molar-refractivity contribution in [2.75, 3.05) is 13.7 Å². The van der Waals surface area contributed by atoms with Crippen LogP contribution in [0.3, 0.4) is 0 Å². The van der Waals surface area contributed by atoms with Gasteiger partial charge in [-0.3, -0.25) is 9.59 Å². The van der Waals surface area contributed by atoms with Gasteiger partial charge in [0.2, 0.25) is 11.8 Å². The predicted octanol–water partition coefficient (Wildman–Crippen LogP) is 4.33. The molecule has 3 rings (SSSR count). The first kappa shape index (κ1) is 22.3. The van der Waals surface area contributed by atoms with Crippen molar-refractivity contribution in [3.05, 3.63) is 77.9 Å². The van der Waals surface area contributed by atoms with Gasteiger partial charge in [0, 0.05) is 19.5 Å². The Bertz CT molecular complexity index is 1040. The average molecular weight is 419 g/mol. The summed E-state index contributed by atoms with van der Waals surface area (Å²) in [6.07, 6.45) is 0.957. The molecule has 0 bridgehead atoms. The van der Waals surface area contributed by atoms with Gasteiger partial charge in [0.05, 0.1) is 7.11 Å². The number of fused-ring (bicyclic) bond motifs is 1. The summed E-state index contributed by atoms with van der Waals surface area (Å²) in [4.78, 5) is 27.5. The van der Waals surface area contributed by atoms with E-state index in [4.69, 9.17) is 4.74 Å². The zero-order valence-corrected chi connectivity index (χ0v) is 18.4. The summed E-state index contributed by atoms with van der Waals surface area (Å²) in [7, 11) is 1.61. The molecule has 0 unspecified atom stereocenters. The number of rotatable bonds is 9. The molecule has 0 aliphatic rings. The van der Waals surface area contributed by atoms with Crippen molar-refractivity contribution in [1.82, 2.24) is 10.2 Å². The molecule has 0 fully saturated rings.